The zero-order valence-electron chi connectivity index (χ0n) is 18.1. The van der Waals surface area contributed by atoms with Gasteiger partial charge >= 0.3 is 12.6 Å². The maximum absolute atomic E-state index is 13.9. The van der Waals surface area contributed by atoms with Crippen molar-refractivity contribution < 1.29 is 37.0 Å². The minimum absolute atomic E-state index is 0.0479. The number of hydrogen-bond acceptors (Lipinski definition) is 5. The van der Waals surface area contributed by atoms with Crippen LogP contribution in [-0.2, 0) is 21.7 Å². The van der Waals surface area contributed by atoms with Crippen molar-refractivity contribution in [2.24, 2.45) is 0 Å². The monoisotopic (exact) mass is 465 g/mol. The summed E-state index contributed by atoms with van der Waals surface area (Å²) < 4.78 is 47.7. The first-order valence-electron chi connectivity index (χ1n) is 9.81. The first kappa shape index (κ1) is 23.9. The van der Waals surface area contributed by atoms with Crippen LogP contribution in [0.5, 0.6) is 11.5 Å². The van der Waals surface area contributed by atoms with E-state index in [0.717, 1.165) is 4.90 Å². The number of halogens is 3. The van der Waals surface area contributed by atoms with Crippen molar-refractivity contribution in [2.45, 2.75) is 25.6 Å². The predicted octanol–water partition coefficient (Wildman–Crippen LogP) is 2.86. The highest BCUT2D eigenvalue weighted by Gasteiger charge is 2.49. The van der Waals surface area contributed by atoms with E-state index in [2.05, 4.69) is 10.1 Å². The summed E-state index contributed by atoms with van der Waals surface area (Å²) in [6.45, 7) is -2.02. The van der Waals surface area contributed by atoms with Crippen molar-refractivity contribution in [1.82, 2.24) is 15.1 Å². The largest absolute Gasteiger partial charge is 0.494 e. The number of urea groups is 1. The number of carbonyl (C=O) groups excluding carboxylic acids is 3. The van der Waals surface area contributed by atoms with Crippen molar-refractivity contribution in [2.75, 3.05) is 20.7 Å². The minimum atomic E-state index is -2.99. The Morgan fingerprint density at radius 3 is 2.42 bits per heavy atom. The number of ether oxygens (including phenoxy) is 2. The molecule has 4 amide bonds. The van der Waals surface area contributed by atoms with Gasteiger partial charge in [0.25, 0.3) is 5.91 Å². The third kappa shape index (κ3) is 5.02. The number of hydrogen-bond donors (Lipinski definition) is 1. The van der Waals surface area contributed by atoms with Crippen molar-refractivity contribution in [3.63, 3.8) is 0 Å². The standard InChI is InChI=1S/C22H22F3N3O5/c1-22(14-5-7-15(8-6-14)33-20(24)25)19(30)28(21(31)26-22)12-18(29)27(2)11-13-4-9-17(32-3)16(23)10-13/h4-10,20H,11-12H2,1-3H3,(H,26,31). The SMILES string of the molecule is COc1ccc(CN(C)C(=O)CN2C(=O)NC(C)(c3ccc(OC(F)F)cc3)C2=O)cc1F. The molecule has 2 aromatic rings. The molecule has 1 heterocycles. The molecule has 0 spiro atoms. The Hall–Kier alpha value is -3.76. The molecule has 0 aliphatic carbocycles. The third-order valence-electron chi connectivity index (χ3n) is 5.29. The second-order valence-electron chi connectivity index (χ2n) is 7.57. The number of likely N-dealkylation sites (N-methyl/N-ethyl adjacent to an activating group) is 1. The van der Waals surface area contributed by atoms with E-state index < -0.39 is 42.4 Å². The van der Waals surface area contributed by atoms with Gasteiger partial charge in [-0.2, -0.15) is 8.78 Å². The number of carbonyl (C=O) groups is 3. The van der Waals surface area contributed by atoms with E-state index in [-0.39, 0.29) is 18.0 Å². The molecule has 2 aromatic carbocycles. The van der Waals surface area contributed by atoms with Gasteiger partial charge in [0.1, 0.15) is 17.8 Å². The van der Waals surface area contributed by atoms with Crippen LogP contribution in [0.15, 0.2) is 42.5 Å². The summed E-state index contributed by atoms with van der Waals surface area (Å²) in [5.74, 6) is -1.82. The van der Waals surface area contributed by atoms with Gasteiger partial charge in [-0.1, -0.05) is 18.2 Å². The van der Waals surface area contributed by atoms with Crippen LogP contribution in [0.4, 0.5) is 18.0 Å². The van der Waals surface area contributed by atoms with Gasteiger partial charge < -0.3 is 19.7 Å². The van der Waals surface area contributed by atoms with Crippen LogP contribution in [0.3, 0.4) is 0 Å². The molecule has 3 rings (SSSR count). The molecule has 0 saturated carbocycles. The number of methoxy groups -OCH3 is 1. The first-order valence-corrected chi connectivity index (χ1v) is 9.81. The Balaban J connectivity index is 1.68. The fourth-order valence-electron chi connectivity index (χ4n) is 3.43. The zero-order chi connectivity index (χ0) is 24.3. The molecule has 1 atom stereocenters. The molecular formula is C22H22F3N3O5. The van der Waals surface area contributed by atoms with Gasteiger partial charge in [0.15, 0.2) is 11.6 Å². The molecule has 0 aromatic heterocycles. The van der Waals surface area contributed by atoms with Crippen LogP contribution in [0.1, 0.15) is 18.1 Å². The number of amides is 4. The fourth-order valence-corrected chi connectivity index (χ4v) is 3.43. The van der Waals surface area contributed by atoms with E-state index in [0.29, 0.717) is 11.1 Å². The van der Waals surface area contributed by atoms with Crippen LogP contribution in [-0.4, -0.2) is 55.0 Å². The molecule has 8 nitrogen and oxygen atoms in total. The van der Waals surface area contributed by atoms with E-state index in [1.54, 1.807) is 6.07 Å². The highest BCUT2D eigenvalue weighted by atomic mass is 19.3. The highest BCUT2D eigenvalue weighted by molar-refractivity contribution is 6.09. The van der Waals surface area contributed by atoms with Gasteiger partial charge in [-0.15, -0.1) is 0 Å². The normalized spacial score (nSPS) is 17.8. The van der Waals surface area contributed by atoms with Gasteiger partial charge in [0.05, 0.1) is 7.11 Å². The van der Waals surface area contributed by atoms with Crippen LogP contribution in [0, 0.1) is 5.82 Å². The van der Waals surface area contributed by atoms with Gasteiger partial charge in [-0.25, -0.2) is 9.18 Å². The van der Waals surface area contributed by atoms with E-state index in [1.165, 1.54) is 62.4 Å². The van der Waals surface area contributed by atoms with Crippen molar-refractivity contribution in [1.29, 1.82) is 0 Å². The molecule has 1 aliphatic heterocycles. The van der Waals surface area contributed by atoms with Gasteiger partial charge in [0, 0.05) is 13.6 Å². The molecule has 1 fully saturated rings. The Bertz CT molecular complexity index is 1060. The Labute approximate surface area is 187 Å². The summed E-state index contributed by atoms with van der Waals surface area (Å²) in [4.78, 5) is 40.1. The number of rotatable bonds is 8. The van der Waals surface area contributed by atoms with Gasteiger partial charge in [0.2, 0.25) is 5.91 Å². The van der Waals surface area contributed by atoms with E-state index >= 15 is 0 Å². The van der Waals surface area contributed by atoms with Gasteiger partial charge in [-0.3, -0.25) is 14.5 Å². The lowest BCUT2D eigenvalue weighted by molar-refractivity contribution is -0.138. The van der Waals surface area contributed by atoms with Crippen molar-refractivity contribution in [3.05, 3.63) is 59.4 Å². The number of alkyl halides is 2. The summed E-state index contributed by atoms with van der Waals surface area (Å²) in [7, 11) is 2.80. The van der Waals surface area contributed by atoms with Crippen LogP contribution >= 0.6 is 0 Å². The highest BCUT2D eigenvalue weighted by Crippen LogP contribution is 2.30. The topological polar surface area (TPSA) is 88.2 Å². The molecule has 1 aliphatic rings. The van der Waals surface area contributed by atoms with Gasteiger partial charge in [-0.05, 0) is 42.3 Å². The number of nitrogens with zero attached hydrogens (tertiary/aromatic N) is 2. The summed E-state index contributed by atoms with van der Waals surface area (Å²) in [6.07, 6.45) is 0. The number of nitrogens with one attached hydrogen (secondary N) is 1. The Kier molecular flexibility index (Phi) is 6.80. The summed E-state index contributed by atoms with van der Waals surface area (Å²) in [5.41, 5.74) is -0.657. The first-order chi connectivity index (χ1) is 15.5. The molecule has 176 valence electrons. The maximum atomic E-state index is 13.9. The van der Waals surface area contributed by atoms with Crippen LogP contribution in [0.25, 0.3) is 0 Å². The zero-order valence-corrected chi connectivity index (χ0v) is 18.1. The lowest BCUT2D eigenvalue weighted by Crippen LogP contribution is -2.43. The smallest absolute Gasteiger partial charge is 0.387 e. The molecule has 33 heavy (non-hydrogen) atoms. The molecule has 1 unspecified atom stereocenters. The van der Waals surface area contributed by atoms with E-state index in [1.807, 2.05) is 0 Å². The lowest BCUT2D eigenvalue weighted by Gasteiger charge is -2.23. The maximum Gasteiger partial charge on any atom is 0.387 e. The molecule has 0 bridgehead atoms. The van der Waals surface area contributed by atoms with Crippen LogP contribution in [0.2, 0.25) is 0 Å². The predicted molar refractivity (Wildman–Crippen MR) is 110 cm³/mol. The molecule has 0 radical (unpaired) electrons. The van der Waals surface area contributed by atoms with E-state index in [4.69, 9.17) is 4.74 Å². The summed E-state index contributed by atoms with van der Waals surface area (Å²) in [5, 5.41) is 2.54. The second-order valence-corrected chi connectivity index (χ2v) is 7.57. The Morgan fingerprint density at radius 1 is 1.18 bits per heavy atom. The third-order valence-corrected chi connectivity index (χ3v) is 5.29. The number of benzene rings is 2. The lowest BCUT2D eigenvalue weighted by atomic mass is 9.92. The molecule has 11 heteroatoms. The molecular weight excluding hydrogens is 443 g/mol. The molecule has 1 saturated heterocycles. The van der Waals surface area contributed by atoms with Crippen molar-refractivity contribution >= 4 is 17.8 Å². The van der Waals surface area contributed by atoms with E-state index in [9.17, 15) is 27.6 Å². The Morgan fingerprint density at radius 2 is 1.85 bits per heavy atom. The van der Waals surface area contributed by atoms with Crippen molar-refractivity contribution in [3.8, 4) is 11.5 Å². The number of imide groups is 1. The quantitative estimate of drug-likeness (QED) is 0.606. The molecule has 1 N–H and O–H groups in total. The summed E-state index contributed by atoms with van der Waals surface area (Å²) >= 11 is 0. The summed E-state index contributed by atoms with van der Waals surface area (Å²) in [6, 6.07) is 8.75. The second kappa shape index (κ2) is 9.39. The average molecular weight is 465 g/mol. The average Bonchev–Trinajstić information content (AvgIpc) is 2.97. The minimum Gasteiger partial charge on any atom is -0.494 e. The fraction of sp³-hybridized carbons (Fsp3) is 0.318. The van der Waals surface area contributed by atoms with Crippen LogP contribution < -0.4 is 14.8 Å².